The van der Waals surface area contributed by atoms with Gasteiger partial charge in [-0.05, 0) is 42.7 Å². The molecule has 1 amide bonds. The standard InChI is InChI=1S/C19H22N2O3S/c1-14-11-17-12-16(9-10-18(17)21(14)25(3,23)24)19(22)20(2)13-15-7-5-4-6-8-15/h4-10,12,14H,11,13H2,1-3H3/t14-/m1/s1. The second-order valence-corrected chi connectivity index (χ2v) is 8.46. The first-order valence-electron chi connectivity index (χ1n) is 8.19. The van der Waals surface area contributed by atoms with Crippen LogP contribution in [0.25, 0.3) is 0 Å². The molecule has 0 aliphatic carbocycles. The molecule has 0 unspecified atom stereocenters. The lowest BCUT2D eigenvalue weighted by Crippen LogP contribution is -2.34. The molecule has 1 atom stereocenters. The first kappa shape index (κ1) is 17.5. The van der Waals surface area contributed by atoms with Crippen LogP contribution >= 0.6 is 0 Å². The predicted octanol–water partition coefficient (Wildman–Crippen LogP) is 2.67. The molecule has 2 aromatic rings. The van der Waals surface area contributed by atoms with E-state index in [1.54, 1.807) is 24.1 Å². The summed E-state index contributed by atoms with van der Waals surface area (Å²) in [4.78, 5) is 14.4. The number of benzene rings is 2. The monoisotopic (exact) mass is 358 g/mol. The molecule has 132 valence electrons. The third-order valence-corrected chi connectivity index (χ3v) is 5.72. The minimum Gasteiger partial charge on any atom is -0.337 e. The quantitative estimate of drug-likeness (QED) is 0.844. The zero-order valence-corrected chi connectivity index (χ0v) is 15.5. The van der Waals surface area contributed by atoms with Crippen LogP contribution in [0.2, 0.25) is 0 Å². The second-order valence-electron chi connectivity index (χ2n) is 6.60. The Morgan fingerprint density at radius 2 is 1.88 bits per heavy atom. The van der Waals surface area contributed by atoms with E-state index < -0.39 is 10.0 Å². The third kappa shape index (κ3) is 3.54. The molecule has 0 saturated heterocycles. The Kier molecular flexibility index (Phi) is 4.56. The molecule has 3 rings (SSSR count). The first-order valence-corrected chi connectivity index (χ1v) is 10.0. The lowest BCUT2D eigenvalue weighted by molar-refractivity contribution is 0.0785. The van der Waals surface area contributed by atoms with Crippen LogP contribution in [0.3, 0.4) is 0 Å². The van der Waals surface area contributed by atoms with Crippen molar-refractivity contribution in [2.75, 3.05) is 17.6 Å². The molecule has 5 nitrogen and oxygen atoms in total. The zero-order chi connectivity index (χ0) is 18.2. The largest absolute Gasteiger partial charge is 0.337 e. The van der Waals surface area contributed by atoms with Crippen molar-refractivity contribution in [2.45, 2.75) is 25.9 Å². The number of amides is 1. The molecule has 0 bridgehead atoms. The van der Waals surface area contributed by atoms with Gasteiger partial charge in [0.1, 0.15) is 0 Å². The molecule has 0 N–H and O–H groups in total. The van der Waals surface area contributed by atoms with Crippen molar-refractivity contribution in [3.8, 4) is 0 Å². The summed E-state index contributed by atoms with van der Waals surface area (Å²) in [6.07, 6.45) is 1.83. The number of carbonyl (C=O) groups excluding carboxylic acids is 1. The first-order chi connectivity index (χ1) is 11.8. The molecule has 2 aromatic carbocycles. The van der Waals surface area contributed by atoms with E-state index in [1.807, 2.05) is 43.3 Å². The number of rotatable bonds is 4. The van der Waals surface area contributed by atoms with Gasteiger partial charge in [0.05, 0.1) is 11.9 Å². The number of hydrogen-bond acceptors (Lipinski definition) is 3. The Labute approximate surface area is 148 Å². The SMILES string of the molecule is C[C@@H]1Cc2cc(C(=O)N(C)Cc3ccccc3)ccc2N1S(C)(=O)=O. The predicted molar refractivity (Wildman–Crippen MR) is 99.2 cm³/mol. The summed E-state index contributed by atoms with van der Waals surface area (Å²) in [5.41, 5.74) is 3.23. The van der Waals surface area contributed by atoms with Gasteiger partial charge in [0.15, 0.2) is 0 Å². The van der Waals surface area contributed by atoms with E-state index in [1.165, 1.54) is 10.6 Å². The molecule has 0 spiro atoms. The maximum absolute atomic E-state index is 12.7. The number of sulfonamides is 1. The van der Waals surface area contributed by atoms with Crippen LogP contribution in [0.4, 0.5) is 5.69 Å². The Balaban J connectivity index is 1.83. The maximum atomic E-state index is 12.7. The highest BCUT2D eigenvalue weighted by atomic mass is 32.2. The van der Waals surface area contributed by atoms with Gasteiger partial charge in [0.25, 0.3) is 5.91 Å². The van der Waals surface area contributed by atoms with E-state index in [9.17, 15) is 13.2 Å². The third-order valence-electron chi connectivity index (χ3n) is 4.45. The van der Waals surface area contributed by atoms with Crippen molar-refractivity contribution in [1.29, 1.82) is 0 Å². The van der Waals surface area contributed by atoms with Crippen molar-refractivity contribution in [3.63, 3.8) is 0 Å². The van der Waals surface area contributed by atoms with E-state index in [-0.39, 0.29) is 11.9 Å². The number of hydrogen-bond donors (Lipinski definition) is 0. The van der Waals surface area contributed by atoms with Crippen molar-refractivity contribution < 1.29 is 13.2 Å². The van der Waals surface area contributed by atoms with Crippen LogP contribution in [0.5, 0.6) is 0 Å². The molecule has 0 aromatic heterocycles. The highest BCUT2D eigenvalue weighted by Crippen LogP contribution is 2.34. The van der Waals surface area contributed by atoms with Crippen molar-refractivity contribution in [3.05, 3.63) is 65.2 Å². The molecule has 25 heavy (non-hydrogen) atoms. The van der Waals surface area contributed by atoms with E-state index >= 15 is 0 Å². The highest BCUT2D eigenvalue weighted by molar-refractivity contribution is 7.92. The van der Waals surface area contributed by atoms with Gasteiger partial charge in [-0.1, -0.05) is 30.3 Å². The van der Waals surface area contributed by atoms with E-state index in [0.29, 0.717) is 24.2 Å². The van der Waals surface area contributed by atoms with Crippen LogP contribution in [-0.4, -0.2) is 38.6 Å². The molecule has 1 aliphatic heterocycles. The Morgan fingerprint density at radius 3 is 2.52 bits per heavy atom. The number of nitrogens with zero attached hydrogens (tertiary/aromatic N) is 2. The molecule has 0 radical (unpaired) electrons. The summed E-state index contributed by atoms with van der Waals surface area (Å²) in [7, 11) is -1.55. The van der Waals surface area contributed by atoms with Gasteiger partial charge in [0.2, 0.25) is 10.0 Å². The number of carbonyl (C=O) groups is 1. The summed E-state index contributed by atoms with van der Waals surface area (Å²) in [5, 5.41) is 0. The molecule has 1 heterocycles. The fourth-order valence-electron chi connectivity index (χ4n) is 3.39. The summed E-state index contributed by atoms with van der Waals surface area (Å²) in [6, 6.07) is 15.0. The van der Waals surface area contributed by atoms with Gasteiger partial charge in [-0.3, -0.25) is 9.10 Å². The number of anilines is 1. The van der Waals surface area contributed by atoms with Crippen molar-refractivity contribution in [1.82, 2.24) is 4.90 Å². The molecule has 0 saturated carbocycles. The average molecular weight is 358 g/mol. The number of fused-ring (bicyclic) bond motifs is 1. The van der Waals surface area contributed by atoms with Gasteiger partial charge < -0.3 is 4.90 Å². The summed E-state index contributed by atoms with van der Waals surface area (Å²) in [5.74, 6) is -0.0721. The summed E-state index contributed by atoms with van der Waals surface area (Å²) in [6.45, 7) is 2.41. The Hall–Kier alpha value is -2.34. The van der Waals surface area contributed by atoms with Gasteiger partial charge in [-0.15, -0.1) is 0 Å². The van der Waals surface area contributed by atoms with Crippen LogP contribution in [0.1, 0.15) is 28.4 Å². The molecule has 6 heteroatoms. The van der Waals surface area contributed by atoms with Gasteiger partial charge in [-0.2, -0.15) is 0 Å². The Morgan fingerprint density at radius 1 is 1.20 bits per heavy atom. The van der Waals surface area contributed by atoms with Gasteiger partial charge in [-0.25, -0.2) is 8.42 Å². The van der Waals surface area contributed by atoms with E-state index in [2.05, 4.69) is 0 Å². The van der Waals surface area contributed by atoms with Crippen LogP contribution < -0.4 is 4.31 Å². The maximum Gasteiger partial charge on any atom is 0.253 e. The summed E-state index contributed by atoms with van der Waals surface area (Å²) < 4.78 is 25.4. The lowest BCUT2D eigenvalue weighted by Gasteiger charge is -2.22. The minimum absolute atomic E-state index is 0.0721. The average Bonchev–Trinajstić information content (AvgIpc) is 2.89. The van der Waals surface area contributed by atoms with Crippen molar-refractivity contribution >= 4 is 21.6 Å². The van der Waals surface area contributed by atoms with Crippen LogP contribution in [0, 0.1) is 0 Å². The van der Waals surface area contributed by atoms with Crippen LogP contribution in [0.15, 0.2) is 48.5 Å². The van der Waals surface area contributed by atoms with Gasteiger partial charge >= 0.3 is 0 Å². The fraction of sp³-hybridized carbons (Fsp3) is 0.316. The van der Waals surface area contributed by atoms with E-state index in [4.69, 9.17) is 0 Å². The fourth-order valence-corrected chi connectivity index (χ4v) is 4.65. The molecule has 0 fully saturated rings. The highest BCUT2D eigenvalue weighted by Gasteiger charge is 2.32. The van der Waals surface area contributed by atoms with Gasteiger partial charge in [0, 0.05) is 25.2 Å². The smallest absolute Gasteiger partial charge is 0.253 e. The lowest BCUT2D eigenvalue weighted by atomic mass is 10.1. The zero-order valence-electron chi connectivity index (χ0n) is 14.6. The molecular formula is C19H22N2O3S. The molecular weight excluding hydrogens is 336 g/mol. The molecule has 1 aliphatic rings. The van der Waals surface area contributed by atoms with E-state index in [0.717, 1.165) is 11.1 Å². The summed E-state index contributed by atoms with van der Waals surface area (Å²) >= 11 is 0. The second kappa shape index (κ2) is 6.52. The van der Waals surface area contributed by atoms with Crippen molar-refractivity contribution in [2.24, 2.45) is 0 Å². The minimum atomic E-state index is -3.32. The normalized spacial score (nSPS) is 16.6. The van der Waals surface area contributed by atoms with Crippen LogP contribution in [-0.2, 0) is 23.0 Å². The Bertz CT molecular complexity index is 894. The topological polar surface area (TPSA) is 57.7 Å².